The monoisotopic (exact) mass is 534 g/mol. The van der Waals surface area contributed by atoms with Crippen molar-refractivity contribution in [3.8, 4) is 0 Å². The molecule has 0 radical (unpaired) electrons. The van der Waals surface area contributed by atoms with Crippen molar-refractivity contribution in [2.24, 2.45) is 11.3 Å². The number of hydrogen-bond donors (Lipinski definition) is 3. The number of halogens is 1. The predicted molar refractivity (Wildman–Crippen MR) is 136 cm³/mol. The Morgan fingerprint density at radius 3 is 2.65 bits per heavy atom. The van der Waals surface area contributed by atoms with Crippen molar-refractivity contribution >= 4 is 41.0 Å². The Bertz CT molecular complexity index is 1090. The second-order valence-electron chi connectivity index (χ2n) is 11.1. The minimum absolute atomic E-state index is 0.00439. The number of cyclic esters (lactones) is 1. The van der Waals surface area contributed by atoms with Gasteiger partial charge in [0.05, 0.1) is 17.1 Å². The maximum atomic E-state index is 14.0. The molecular weight excluding hydrogens is 500 g/mol. The molecule has 1 aromatic carbocycles. The molecule has 3 aliphatic rings. The molecule has 2 bridgehead atoms. The summed E-state index contributed by atoms with van der Waals surface area (Å²) in [6.07, 6.45) is 1.51. The molecule has 4 N–H and O–H groups in total. The van der Waals surface area contributed by atoms with Crippen LogP contribution in [-0.2, 0) is 23.9 Å². The van der Waals surface area contributed by atoms with E-state index in [-0.39, 0.29) is 40.8 Å². The number of hydrogen-bond acceptors (Lipinski definition) is 7. The van der Waals surface area contributed by atoms with Crippen molar-refractivity contribution in [3.05, 3.63) is 28.8 Å². The summed E-state index contributed by atoms with van der Waals surface area (Å²) in [6, 6.07) is 2.25. The molecule has 6 atom stereocenters. The number of carbonyl (C=O) groups excluding carboxylic acids is 4. The van der Waals surface area contributed by atoms with Gasteiger partial charge in [-0.3, -0.25) is 19.2 Å². The first-order valence-electron chi connectivity index (χ1n) is 12.7. The predicted octanol–water partition coefficient (Wildman–Crippen LogP) is 2.24. The molecule has 0 spiro atoms. The molecule has 37 heavy (non-hydrogen) atoms. The molecule has 202 valence electrons. The van der Waals surface area contributed by atoms with Crippen molar-refractivity contribution < 1.29 is 28.7 Å². The zero-order valence-corrected chi connectivity index (χ0v) is 22.3. The fourth-order valence-corrected chi connectivity index (χ4v) is 5.74. The summed E-state index contributed by atoms with van der Waals surface area (Å²) in [4.78, 5) is 54.1. The molecule has 11 heteroatoms. The number of ether oxygens (including phenoxy) is 2. The molecule has 2 aliphatic heterocycles. The van der Waals surface area contributed by atoms with E-state index >= 15 is 0 Å². The van der Waals surface area contributed by atoms with Crippen molar-refractivity contribution in [1.82, 2.24) is 15.5 Å². The Balaban J connectivity index is 1.54. The average Bonchev–Trinajstić information content (AvgIpc) is 3.53. The van der Waals surface area contributed by atoms with Gasteiger partial charge in [-0.1, -0.05) is 32.4 Å². The molecule has 2 saturated heterocycles. The maximum Gasteiger partial charge on any atom is 0.310 e. The van der Waals surface area contributed by atoms with Crippen LogP contribution < -0.4 is 16.4 Å². The van der Waals surface area contributed by atoms with Crippen LogP contribution in [0.3, 0.4) is 0 Å². The van der Waals surface area contributed by atoms with Crippen LogP contribution in [0.25, 0.3) is 0 Å². The minimum Gasteiger partial charge on any atom is -0.433 e. The van der Waals surface area contributed by atoms with Gasteiger partial charge in [0.15, 0.2) is 0 Å². The van der Waals surface area contributed by atoms with Gasteiger partial charge in [0.2, 0.25) is 18.1 Å². The quantitative estimate of drug-likeness (QED) is 0.360. The first-order valence-corrected chi connectivity index (χ1v) is 13.1. The van der Waals surface area contributed by atoms with Crippen LogP contribution in [0.5, 0.6) is 0 Å². The number of nitrogens with two attached hydrogens (primary N) is 1. The number of rotatable bonds is 7. The van der Waals surface area contributed by atoms with E-state index in [1.807, 2.05) is 20.8 Å². The summed E-state index contributed by atoms with van der Waals surface area (Å²) in [7, 11) is 0. The molecule has 1 aromatic rings. The minimum atomic E-state index is -0.890. The van der Waals surface area contributed by atoms with Crippen LogP contribution in [0, 0.1) is 11.3 Å². The van der Waals surface area contributed by atoms with Crippen molar-refractivity contribution in [2.75, 3.05) is 12.3 Å². The van der Waals surface area contributed by atoms with Gasteiger partial charge < -0.3 is 30.7 Å². The molecule has 1 aliphatic carbocycles. The summed E-state index contributed by atoms with van der Waals surface area (Å²) in [6.45, 7) is 7.70. The summed E-state index contributed by atoms with van der Waals surface area (Å²) in [5.74, 6) is -1.54. The average molecular weight is 535 g/mol. The van der Waals surface area contributed by atoms with E-state index in [4.69, 9.17) is 26.8 Å². The largest absolute Gasteiger partial charge is 0.433 e. The lowest BCUT2D eigenvalue weighted by Crippen LogP contribution is -2.62. The van der Waals surface area contributed by atoms with E-state index in [0.29, 0.717) is 12.3 Å². The molecule has 2 heterocycles. The number of benzene rings is 1. The first kappa shape index (κ1) is 27.2. The number of nitrogen functional groups attached to an aromatic ring is 1. The summed E-state index contributed by atoms with van der Waals surface area (Å²) >= 11 is 6.09. The normalized spacial score (nSPS) is 27.6. The van der Waals surface area contributed by atoms with Gasteiger partial charge >= 0.3 is 5.97 Å². The molecule has 4 rings (SSSR count). The van der Waals surface area contributed by atoms with E-state index < -0.39 is 41.7 Å². The number of carbonyl (C=O) groups is 4. The highest BCUT2D eigenvalue weighted by atomic mass is 35.5. The van der Waals surface area contributed by atoms with E-state index in [2.05, 4.69) is 10.6 Å². The first-order chi connectivity index (χ1) is 17.4. The van der Waals surface area contributed by atoms with E-state index in [0.717, 1.165) is 19.3 Å². The second kappa shape index (κ2) is 10.5. The highest BCUT2D eigenvalue weighted by Gasteiger charge is 2.54. The maximum absolute atomic E-state index is 14.0. The lowest BCUT2D eigenvalue weighted by Gasteiger charge is -2.40. The third kappa shape index (κ3) is 5.55. The lowest BCUT2D eigenvalue weighted by molar-refractivity contribution is -0.165. The number of nitrogens with zero attached hydrogens (tertiary/aromatic N) is 1. The van der Waals surface area contributed by atoms with Gasteiger partial charge in [0.25, 0.3) is 5.91 Å². The van der Waals surface area contributed by atoms with Crippen LogP contribution >= 0.6 is 11.6 Å². The van der Waals surface area contributed by atoms with Gasteiger partial charge in [-0.05, 0) is 55.7 Å². The zero-order valence-electron chi connectivity index (χ0n) is 21.6. The SMILES string of the molecule is CCO[C@@H]1OC(=O)CC1NC(=O)[C@@H]1[C@H]2CC[C@@H](C2)N1C(=O)[C@@H](NC(=O)c1ccc(N)c(Cl)c1)C(C)(C)C. The molecule has 1 unspecified atom stereocenters. The fourth-order valence-electron chi connectivity index (χ4n) is 5.56. The van der Waals surface area contributed by atoms with Crippen molar-refractivity contribution in [3.63, 3.8) is 0 Å². The Morgan fingerprint density at radius 2 is 2.00 bits per heavy atom. The molecule has 1 saturated carbocycles. The summed E-state index contributed by atoms with van der Waals surface area (Å²) in [5, 5.41) is 6.02. The number of esters is 1. The third-order valence-corrected chi connectivity index (χ3v) is 7.71. The Kier molecular flexibility index (Phi) is 7.71. The standard InChI is InChI=1S/C26H35ClN4O6/c1-5-36-25-18(12-19(32)37-25)29-23(34)20-13-6-8-15(10-13)31(20)24(35)21(26(2,3)4)30-22(33)14-7-9-17(28)16(27)11-14/h7,9,11,13,15,18,20-21,25H,5-6,8,10,12,28H2,1-4H3,(H,29,34)(H,30,33)/t13-,15-,18?,20-,21+,25+/m0/s1. The van der Waals surface area contributed by atoms with E-state index in [1.54, 1.807) is 17.9 Å². The zero-order chi connectivity index (χ0) is 27.1. The van der Waals surface area contributed by atoms with E-state index in [1.165, 1.54) is 12.1 Å². The number of amides is 3. The highest BCUT2D eigenvalue weighted by Crippen LogP contribution is 2.44. The molecule has 3 amide bonds. The number of nitrogens with one attached hydrogen (secondary N) is 2. The van der Waals surface area contributed by atoms with Crippen LogP contribution in [0.4, 0.5) is 5.69 Å². The molecular formula is C26H35ClN4O6. The van der Waals surface area contributed by atoms with Gasteiger partial charge in [-0.15, -0.1) is 0 Å². The van der Waals surface area contributed by atoms with Gasteiger partial charge in [-0.25, -0.2) is 0 Å². The third-order valence-electron chi connectivity index (χ3n) is 7.38. The number of fused-ring (bicyclic) bond motifs is 2. The van der Waals surface area contributed by atoms with Gasteiger partial charge in [0, 0.05) is 18.2 Å². The topological polar surface area (TPSA) is 140 Å². The fraction of sp³-hybridized carbons (Fsp3) is 0.615. The second-order valence-corrected chi connectivity index (χ2v) is 11.5. The summed E-state index contributed by atoms with van der Waals surface area (Å²) in [5.41, 5.74) is 5.76. The number of anilines is 1. The van der Waals surface area contributed by atoms with Crippen LogP contribution in [-0.4, -0.2) is 65.7 Å². The Hall–Kier alpha value is -2.85. The molecule has 3 fully saturated rings. The Labute approximate surface area is 221 Å². The van der Waals surface area contributed by atoms with Gasteiger partial charge in [0.1, 0.15) is 18.1 Å². The van der Waals surface area contributed by atoms with Crippen molar-refractivity contribution in [2.45, 2.75) is 83.8 Å². The van der Waals surface area contributed by atoms with Crippen molar-refractivity contribution in [1.29, 1.82) is 0 Å². The van der Waals surface area contributed by atoms with Crippen LogP contribution in [0.2, 0.25) is 5.02 Å². The lowest BCUT2D eigenvalue weighted by atomic mass is 9.84. The number of likely N-dealkylation sites (tertiary alicyclic amines) is 1. The molecule has 0 aromatic heterocycles. The van der Waals surface area contributed by atoms with Crippen LogP contribution in [0.1, 0.15) is 63.7 Å². The summed E-state index contributed by atoms with van der Waals surface area (Å²) < 4.78 is 10.6. The highest BCUT2D eigenvalue weighted by molar-refractivity contribution is 6.33. The van der Waals surface area contributed by atoms with E-state index in [9.17, 15) is 19.2 Å². The Morgan fingerprint density at radius 1 is 1.27 bits per heavy atom. The smallest absolute Gasteiger partial charge is 0.310 e. The van der Waals surface area contributed by atoms with Gasteiger partial charge in [-0.2, -0.15) is 0 Å². The van der Waals surface area contributed by atoms with Crippen LogP contribution in [0.15, 0.2) is 18.2 Å². The number of piperidine rings is 1. The molecule has 10 nitrogen and oxygen atoms in total.